The molecule has 0 saturated heterocycles. The van der Waals surface area contributed by atoms with Crippen molar-refractivity contribution < 1.29 is 41.6 Å². The predicted molar refractivity (Wildman–Crippen MR) is 172 cm³/mol. The molecule has 252 valence electrons. The number of ether oxygens (including phenoxy) is 2. The second-order valence-electron chi connectivity index (χ2n) is 15.8. The highest BCUT2D eigenvalue weighted by Crippen LogP contribution is 2.43. The second-order valence-corrected chi connectivity index (χ2v) is 17.8. The zero-order valence-corrected chi connectivity index (χ0v) is 30.2. The summed E-state index contributed by atoms with van der Waals surface area (Å²) in [7, 11) is 4.51. The third kappa shape index (κ3) is 13.9. The van der Waals surface area contributed by atoms with Crippen molar-refractivity contribution in [2.24, 2.45) is 35.5 Å². The Balaban J connectivity index is 1.73. The van der Waals surface area contributed by atoms with E-state index >= 15 is 0 Å². The zero-order valence-electron chi connectivity index (χ0n) is 29.3. The summed E-state index contributed by atoms with van der Waals surface area (Å²) in [5, 5.41) is 0. The number of esters is 2. The Morgan fingerprint density at radius 2 is 1.05 bits per heavy atom. The van der Waals surface area contributed by atoms with Gasteiger partial charge < -0.3 is 27.5 Å². The van der Waals surface area contributed by atoms with Gasteiger partial charge in [0, 0.05) is 6.66 Å². The van der Waals surface area contributed by atoms with Crippen LogP contribution in [0.3, 0.4) is 0 Å². The van der Waals surface area contributed by atoms with Crippen molar-refractivity contribution in [1.29, 1.82) is 0 Å². The predicted octanol–water partition coefficient (Wildman–Crippen LogP) is 6.00. The molecule has 2 aliphatic carbocycles. The maximum absolute atomic E-state index is 13.0. The van der Waals surface area contributed by atoms with E-state index in [2.05, 4.69) is 41.5 Å². The molecule has 2 fully saturated rings. The smallest absolute Gasteiger partial charge is 0.362 e. The van der Waals surface area contributed by atoms with Crippen molar-refractivity contribution in [1.82, 2.24) is 0 Å². The number of carbonyl (C=O) groups excluding carboxylic acids is 2. The van der Waals surface area contributed by atoms with Gasteiger partial charge in [0.15, 0.2) is 13.1 Å². The van der Waals surface area contributed by atoms with Crippen molar-refractivity contribution in [3.05, 3.63) is 0 Å². The van der Waals surface area contributed by atoms with E-state index in [9.17, 15) is 14.2 Å². The minimum Gasteiger partial charge on any atom is -0.458 e. The number of nitrogens with zero attached hydrogens (tertiary/aromatic N) is 2. The lowest BCUT2D eigenvalue weighted by Crippen LogP contribution is -2.48. The zero-order chi connectivity index (χ0) is 32.6. The first-order chi connectivity index (χ1) is 19.8. The van der Waals surface area contributed by atoms with Gasteiger partial charge in [-0.3, -0.25) is 4.57 Å². The summed E-state index contributed by atoms with van der Waals surface area (Å²) in [5.74, 6) is 2.56. The molecule has 2 rings (SSSR count). The van der Waals surface area contributed by atoms with Crippen molar-refractivity contribution >= 4 is 19.5 Å². The number of rotatable bonds is 16. The monoisotopic (exact) mass is 632 g/mol. The van der Waals surface area contributed by atoms with Gasteiger partial charge in [-0.1, -0.05) is 54.4 Å². The minimum atomic E-state index is -3.30. The van der Waals surface area contributed by atoms with Gasteiger partial charge in [0.1, 0.15) is 38.5 Å². The van der Waals surface area contributed by atoms with E-state index in [-0.39, 0.29) is 50.4 Å². The molecule has 2 aliphatic rings. The largest absolute Gasteiger partial charge is 0.458 e. The fourth-order valence-electron chi connectivity index (χ4n) is 6.71. The average molecular weight is 633 g/mol. The average Bonchev–Trinajstić information content (AvgIpc) is 2.82. The van der Waals surface area contributed by atoms with Crippen LogP contribution in [0.5, 0.6) is 0 Å². The molecule has 6 atom stereocenters. The Labute approximate surface area is 263 Å². The normalized spacial score (nSPS) is 27.4. The molecule has 0 heterocycles. The van der Waals surface area contributed by atoms with Crippen molar-refractivity contribution in [3.8, 4) is 0 Å². The standard InChI is InChI=1S/C33H65N2O7P/c1-24(2)28-14-12-26(5)20-30(28)41-32(36)22-34(7,8)16-18-39-43(11,38)40-19-17-35(9,10)23-33(37)42-31-21-27(6)13-15-29(31)25(3)4/h24-31H,12-23H2,1-11H3/q+2/t26-,27-,28-,29-,30-,31-/m1/s1. The first-order valence-electron chi connectivity index (χ1n) is 16.7. The molecule has 0 amide bonds. The Bertz CT molecular complexity index is 868. The van der Waals surface area contributed by atoms with Gasteiger partial charge in [-0.05, 0) is 61.2 Å². The fraction of sp³-hybridized carbons (Fsp3) is 0.939. The van der Waals surface area contributed by atoms with E-state index in [0.717, 1.165) is 25.7 Å². The van der Waals surface area contributed by atoms with Crippen LogP contribution in [0, 0.1) is 35.5 Å². The molecule has 0 bridgehead atoms. The van der Waals surface area contributed by atoms with Gasteiger partial charge in [-0.25, -0.2) is 9.59 Å². The van der Waals surface area contributed by atoms with Gasteiger partial charge in [-0.2, -0.15) is 0 Å². The van der Waals surface area contributed by atoms with E-state index in [4.69, 9.17) is 18.5 Å². The van der Waals surface area contributed by atoms with Gasteiger partial charge in [-0.15, -0.1) is 0 Å². The number of quaternary nitrogens is 2. The molecule has 0 aromatic rings. The lowest BCUT2D eigenvalue weighted by Gasteiger charge is -2.37. The molecule has 0 aliphatic heterocycles. The summed E-state index contributed by atoms with van der Waals surface area (Å²) in [4.78, 5) is 25.7. The summed E-state index contributed by atoms with van der Waals surface area (Å²) in [6, 6.07) is 0. The van der Waals surface area contributed by atoms with Crippen molar-refractivity contribution in [2.45, 2.75) is 92.3 Å². The number of hydrogen-bond donors (Lipinski definition) is 0. The Morgan fingerprint density at radius 1 is 0.698 bits per heavy atom. The summed E-state index contributed by atoms with van der Waals surface area (Å²) in [5.41, 5.74) is 0. The van der Waals surface area contributed by atoms with E-state index in [0.29, 0.717) is 57.6 Å². The molecule has 0 radical (unpaired) electrons. The van der Waals surface area contributed by atoms with Crippen LogP contribution in [0.1, 0.15) is 80.1 Å². The van der Waals surface area contributed by atoms with Crippen LogP contribution in [0.15, 0.2) is 0 Å². The molecule has 0 spiro atoms. The molecule has 0 unspecified atom stereocenters. The van der Waals surface area contributed by atoms with Gasteiger partial charge in [0.05, 0.1) is 28.2 Å². The summed E-state index contributed by atoms with van der Waals surface area (Å²) in [6.45, 7) is 16.6. The van der Waals surface area contributed by atoms with Crippen LogP contribution in [-0.4, -0.2) is 107 Å². The van der Waals surface area contributed by atoms with Crippen LogP contribution >= 0.6 is 7.60 Å². The number of hydrogen-bond acceptors (Lipinski definition) is 7. The summed E-state index contributed by atoms with van der Waals surface area (Å²) < 4.78 is 37.0. The van der Waals surface area contributed by atoms with Crippen LogP contribution in [-0.2, 0) is 32.7 Å². The van der Waals surface area contributed by atoms with Crippen molar-refractivity contribution in [2.75, 3.05) is 74.2 Å². The lowest BCUT2D eigenvalue weighted by molar-refractivity contribution is -0.883. The van der Waals surface area contributed by atoms with E-state index in [1.807, 2.05) is 28.2 Å². The molecular weight excluding hydrogens is 567 g/mol. The first kappa shape index (κ1) is 38.2. The second kappa shape index (κ2) is 16.5. The Kier molecular flexibility index (Phi) is 14.7. The van der Waals surface area contributed by atoms with Crippen LogP contribution in [0.25, 0.3) is 0 Å². The minimum absolute atomic E-state index is 0.0193. The number of likely N-dealkylation sites (N-methyl/N-ethyl adjacent to an activating group) is 2. The molecule has 43 heavy (non-hydrogen) atoms. The highest BCUT2D eigenvalue weighted by molar-refractivity contribution is 7.52. The molecule has 0 N–H and O–H groups in total. The molecule has 0 aromatic heterocycles. The van der Waals surface area contributed by atoms with Crippen LogP contribution in [0.2, 0.25) is 0 Å². The van der Waals surface area contributed by atoms with Gasteiger partial charge in [0.2, 0.25) is 0 Å². The van der Waals surface area contributed by atoms with E-state index in [1.165, 1.54) is 19.5 Å². The third-order valence-electron chi connectivity index (χ3n) is 9.65. The topological polar surface area (TPSA) is 88.1 Å². The highest BCUT2D eigenvalue weighted by Gasteiger charge is 2.36. The summed E-state index contributed by atoms with van der Waals surface area (Å²) >= 11 is 0. The SMILES string of the molecule is CC(C)[C@H]1CC[C@@H](C)C[C@H]1OC(=O)C[N+](C)(C)CCOP(C)(=O)OCC[N+](C)(C)CC(=O)O[C@@H]1C[C@H](C)CC[C@@H]1C(C)C. The van der Waals surface area contributed by atoms with E-state index < -0.39 is 7.60 Å². The molecular formula is C33H65N2O7P+2. The molecule has 10 heteroatoms. The maximum atomic E-state index is 13.0. The fourth-order valence-corrected chi connectivity index (χ4v) is 7.62. The first-order valence-corrected chi connectivity index (χ1v) is 18.7. The quantitative estimate of drug-likeness (QED) is 0.117. The van der Waals surface area contributed by atoms with Crippen LogP contribution < -0.4 is 0 Å². The molecule has 2 saturated carbocycles. The number of carbonyl (C=O) groups is 2. The highest BCUT2D eigenvalue weighted by atomic mass is 31.2. The van der Waals surface area contributed by atoms with Crippen molar-refractivity contribution in [3.63, 3.8) is 0 Å². The van der Waals surface area contributed by atoms with Crippen LogP contribution in [0.4, 0.5) is 0 Å². The summed E-state index contributed by atoms with van der Waals surface area (Å²) in [6.07, 6.45) is 6.41. The van der Waals surface area contributed by atoms with E-state index in [1.54, 1.807) is 0 Å². The van der Waals surface area contributed by atoms with Gasteiger partial charge >= 0.3 is 19.5 Å². The third-order valence-corrected chi connectivity index (χ3v) is 11.0. The molecule has 9 nitrogen and oxygen atoms in total. The Hall–Kier alpha value is -0.990. The maximum Gasteiger partial charge on any atom is 0.362 e. The Morgan fingerprint density at radius 3 is 1.37 bits per heavy atom. The molecule has 0 aromatic carbocycles. The van der Waals surface area contributed by atoms with Gasteiger partial charge in [0.25, 0.3) is 0 Å². The lowest BCUT2D eigenvalue weighted by atomic mass is 9.75.